The van der Waals surface area contributed by atoms with E-state index in [2.05, 4.69) is 26.4 Å². The van der Waals surface area contributed by atoms with Crippen LogP contribution in [0.25, 0.3) is 21.6 Å². The number of carbonyl (C=O) groups excluding carboxylic acids is 1. The van der Waals surface area contributed by atoms with E-state index < -0.39 is 0 Å². The highest BCUT2D eigenvalue weighted by atomic mass is 32.1. The van der Waals surface area contributed by atoms with Crippen molar-refractivity contribution < 1.29 is 9.32 Å². The van der Waals surface area contributed by atoms with Gasteiger partial charge in [-0.15, -0.1) is 0 Å². The molecule has 1 amide bonds. The maximum absolute atomic E-state index is 12.5. The molecular formula is C23H23N5O2S. The van der Waals surface area contributed by atoms with Crippen LogP contribution >= 0.6 is 11.3 Å². The monoisotopic (exact) mass is 433 g/mol. The minimum absolute atomic E-state index is 0.00982. The van der Waals surface area contributed by atoms with E-state index in [0.29, 0.717) is 24.6 Å². The topological polar surface area (TPSA) is 84.1 Å². The number of carbonyl (C=O) groups is 1. The van der Waals surface area contributed by atoms with Crippen LogP contribution in [0.3, 0.4) is 0 Å². The van der Waals surface area contributed by atoms with Crippen molar-refractivity contribution in [1.29, 1.82) is 0 Å². The minimum Gasteiger partial charge on any atom is -0.352 e. The molecule has 5 rings (SSSR count). The Bertz CT molecular complexity index is 1140. The van der Waals surface area contributed by atoms with Gasteiger partial charge in [-0.1, -0.05) is 59.0 Å². The van der Waals surface area contributed by atoms with Crippen molar-refractivity contribution in [2.75, 3.05) is 18.0 Å². The van der Waals surface area contributed by atoms with Crippen molar-refractivity contribution in [3.63, 3.8) is 0 Å². The second-order valence-electron chi connectivity index (χ2n) is 7.69. The molecule has 7 nitrogen and oxygen atoms in total. The number of benzene rings is 2. The van der Waals surface area contributed by atoms with Crippen LogP contribution in [0.4, 0.5) is 5.13 Å². The predicted octanol–water partition coefficient (Wildman–Crippen LogP) is 4.06. The average molecular weight is 434 g/mol. The molecule has 4 aromatic rings. The SMILES string of the molecule is O=C(CCc1nc(-c2ccccc2)no1)NC1CCCN(c2nc3ccccc3s2)C1. The van der Waals surface area contributed by atoms with E-state index in [1.807, 2.05) is 48.5 Å². The normalized spacial score (nSPS) is 16.5. The van der Waals surface area contributed by atoms with Crippen molar-refractivity contribution in [3.8, 4) is 11.4 Å². The number of hydrogen-bond donors (Lipinski definition) is 1. The van der Waals surface area contributed by atoms with Gasteiger partial charge < -0.3 is 14.7 Å². The molecule has 1 aliphatic heterocycles. The van der Waals surface area contributed by atoms with Gasteiger partial charge in [-0.3, -0.25) is 4.79 Å². The zero-order valence-corrected chi connectivity index (χ0v) is 17.8. The van der Waals surface area contributed by atoms with E-state index in [-0.39, 0.29) is 11.9 Å². The third-order valence-corrected chi connectivity index (χ3v) is 6.50. The lowest BCUT2D eigenvalue weighted by Crippen LogP contribution is -2.47. The summed E-state index contributed by atoms with van der Waals surface area (Å²) in [6.45, 7) is 1.75. The van der Waals surface area contributed by atoms with E-state index in [9.17, 15) is 4.79 Å². The molecule has 8 heteroatoms. The number of fused-ring (bicyclic) bond motifs is 1. The van der Waals surface area contributed by atoms with Gasteiger partial charge in [0.15, 0.2) is 5.13 Å². The van der Waals surface area contributed by atoms with Crippen LogP contribution in [0, 0.1) is 0 Å². The quantitative estimate of drug-likeness (QED) is 0.494. The van der Waals surface area contributed by atoms with Gasteiger partial charge in [0.2, 0.25) is 17.6 Å². The van der Waals surface area contributed by atoms with E-state index in [1.165, 1.54) is 4.70 Å². The molecule has 1 fully saturated rings. The maximum atomic E-state index is 12.5. The number of amides is 1. The number of aromatic nitrogens is 3. The summed E-state index contributed by atoms with van der Waals surface area (Å²) in [7, 11) is 0. The number of nitrogens with zero attached hydrogens (tertiary/aromatic N) is 4. The number of nitrogens with one attached hydrogen (secondary N) is 1. The Morgan fingerprint density at radius 2 is 1.97 bits per heavy atom. The van der Waals surface area contributed by atoms with Crippen LogP contribution < -0.4 is 10.2 Å². The molecule has 1 N–H and O–H groups in total. The van der Waals surface area contributed by atoms with Gasteiger partial charge in [0.1, 0.15) is 0 Å². The summed E-state index contributed by atoms with van der Waals surface area (Å²) < 4.78 is 6.50. The van der Waals surface area contributed by atoms with Gasteiger partial charge in [0.25, 0.3) is 0 Å². The second kappa shape index (κ2) is 8.85. The zero-order valence-electron chi connectivity index (χ0n) is 17.0. The molecular weight excluding hydrogens is 410 g/mol. The lowest BCUT2D eigenvalue weighted by atomic mass is 10.1. The van der Waals surface area contributed by atoms with Crippen molar-refractivity contribution in [3.05, 3.63) is 60.5 Å². The largest absolute Gasteiger partial charge is 0.352 e. The number of thiazole rings is 1. The van der Waals surface area contributed by atoms with Crippen molar-refractivity contribution >= 4 is 32.6 Å². The molecule has 0 saturated carbocycles. The lowest BCUT2D eigenvalue weighted by molar-refractivity contribution is -0.121. The van der Waals surface area contributed by atoms with Crippen molar-refractivity contribution in [2.24, 2.45) is 0 Å². The Labute approximate surface area is 184 Å². The fourth-order valence-electron chi connectivity index (χ4n) is 3.85. The first-order valence-corrected chi connectivity index (χ1v) is 11.3. The second-order valence-corrected chi connectivity index (χ2v) is 8.70. The van der Waals surface area contributed by atoms with Crippen LogP contribution in [-0.4, -0.2) is 40.2 Å². The number of piperidine rings is 1. The molecule has 1 saturated heterocycles. The van der Waals surface area contributed by atoms with E-state index >= 15 is 0 Å². The van der Waals surface area contributed by atoms with Gasteiger partial charge in [0.05, 0.1) is 10.2 Å². The number of hydrogen-bond acceptors (Lipinski definition) is 7. The first-order chi connectivity index (χ1) is 15.2. The fourth-order valence-corrected chi connectivity index (χ4v) is 4.85. The third-order valence-electron chi connectivity index (χ3n) is 5.41. The standard InChI is InChI=1S/C23H23N5O2S/c29-20(12-13-21-26-22(27-30-21)16-7-2-1-3-8-16)24-17-9-6-14-28(15-17)23-25-18-10-4-5-11-19(18)31-23/h1-5,7-8,10-11,17H,6,9,12-15H2,(H,24,29). The number of aryl methyl sites for hydroxylation is 1. The molecule has 1 unspecified atom stereocenters. The van der Waals surface area contributed by atoms with E-state index in [0.717, 1.165) is 42.1 Å². The average Bonchev–Trinajstić information content (AvgIpc) is 3.46. The van der Waals surface area contributed by atoms with Crippen LogP contribution in [0.1, 0.15) is 25.2 Å². The minimum atomic E-state index is 0.00982. The Kier molecular flexibility index (Phi) is 5.62. The highest BCUT2D eigenvalue weighted by Crippen LogP contribution is 2.30. The summed E-state index contributed by atoms with van der Waals surface area (Å²) in [5.74, 6) is 1.04. The Morgan fingerprint density at radius 3 is 2.84 bits per heavy atom. The molecule has 158 valence electrons. The number of rotatable bonds is 6. The van der Waals surface area contributed by atoms with Crippen LogP contribution in [0.5, 0.6) is 0 Å². The third kappa shape index (κ3) is 4.59. The maximum Gasteiger partial charge on any atom is 0.227 e. The fraction of sp³-hybridized carbons (Fsp3) is 0.304. The summed E-state index contributed by atoms with van der Waals surface area (Å²) >= 11 is 1.71. The summed E-state index contributed by atoms with van der Waals surface area (Å²) in [4.78, 5) is 24.0. The van der Waals surface area contributed by atoms with Gasteiger partial charge >= 0.3 is 0 Å². The summed E-state index contributed by atoms with van der Waals surface area (Å²) in [6, 6.07) is 18.0. The molecule has 0 aliphatic carbocycles. The van der Waals surface area contributed by atoms with Gasteiger partial charge in [0, 0.05) is 37.5 Å². The first kappa shape index (κ1) is 19.7. The Hall–Kier alpha value is -3.26. The smallest absolute Gasteiger partial charge is 0.227 e. The van der Waals surface area contributed by atoms with Crippen LogP contribution in [0.15, 0.2) is 59.1 Å². The number of para-hydroxylation sites is 1. The highest BCUT2D eigenvalue weighted by Gasteiger charge is 2.24. The Balaban J connectivity index is 1.15. The summed E-state index contributed by atoms with van der Waals surface area (Å²) in [5.41, 5.74) is 1.93. The molecule has 2 aromatic carbocycles. The van der Waals surface area contributed by atoms with Gasteiger partial charge in [-0.05, 0) is 25.0 Å². The lowest BCUT2D eigenvalue weighted by Gasteiger charge is -2.32. The van der Waals surface area contributed by atoms with Crippen molar-refractivity contribution in [1.82, 2.24) is 20.4 Å². The van der Waals surface area contributed by atoms with E-state index in [4.69, 9.17) is 9.51 Å². The molecule has 2 aromatic heterocycles. The molecule has 1 aliphatic rings. The molecule has 0 radical (unpaired) electrons. The van der Waals surface area contributed by atoms with Crippen molar-refractivity contribution in [2.45, 2.75) is 31.7 Å². The van der Waals surface area contributed by atoms with E-state index in [1.54, 1.807) is 11.3 Å². The Morgan fingerprint density at radius 1 is 1.13 bits per heavy atom. The highest BCUT2D eigenvalue weighted by molar-refractivity contribution is 7.22. The molecule has 0 spiro atoms. The molecule has 31 heavy (non-hydrogen) atoms. The molecule has 3 heterocycles. The first-order valence-electron chi connectivity index (χ1n) is 10.5. The molecule has 0 bridgehead atoms. The molecule has 1 atom stereocenters. The van der Waals surface area contributed by atoms with Crippen LogP contribution in [-0.2, 0) is 11.2 Å². The zero-order chi connectivity index (χ0) is 21.0. The summed E-state index contributed by atoms with van der Waals surface area (Å²) in [6.07, 6.45) is 2.77. The van der Waals surface area contributed by atoms with Gasteiger partial charge in [-0.25, -0.2) is 4.98 Å². The number of anilines is 1. The predicted molar refractivity (Wildman–Crippen MR) is 121 cm³/mol. The van der Waals surface area contributed by atoms with Gasteiger partial charge in [-0.2, -0.15) is 4.98 Å². The summed E-state index contributed by atoms with van der Waals surface area (Å²) in [5, 5.41) is 8.21. The van der Waals surface area contributed by atoms with Crippen LogP contribution in [0.2, 0.25) is 0 Å².